The van der Waals surface area contributed by atoms with Gasteiger partial charge in [-0.05, 0) is 13.8 Å². The third-order valence-electron chi connectivity index (χ3n) is 5.32. The molecule has 1 aliphatic heterocycles. The van der Waals surface area contributed by atoms with Crippen molar-refractivity contribution in [1.82, 2.24) is 9.80 Å². The maximum atomic E-state index is 12.6. The molecule has 0 spiro atoms. The number of piperazine rings is 1. The molecule has 0 saturated carbocycles. The first kappa shape index (κ1) is 18.5. The van der Waals surface area contributed by atoms with E-state index in [1.54, 1.807) is 0 Å². The molecule has 26 heavy (non-hydrogen) atoms. The van der Waals surface area contributed by atoms with Crippen LogP contribution in [-0.2, 0) is 0 Å². The van der Waals surface area contributed by atoms with Crippen LogP contribution in [-0.4, -0.2) is 59.6 Å². The molecule has 4 nitrogen and oxygen atoms in total. The predicted molar refractivity (Wildman–Crippen MR) is 104 cm³/mol. The fourth-order valence-electron chi connectivity index (χ4n) is 3.53. The summed E-state index contributed by atoms with van der Waals surface area (Å²) >= 11 is 0. The molecular weight excluding hydrogens is 324 g/mol. The van der Waals surface area contributed by atoms with Crippen LogP contribution >= 0.6 is 0 Å². The van der Waals surface area contributed by atoms with E-state index >= 15 is 0 Å². The van der Waals surface area contributed by atoms with Crippen molar-refractivity contribution in [3.63, 3.8) is 0 Å². The van der Waals surface area contributed by atoms with Crippen molar-refractivity contribution in [2.45, 2.75) is 25.9 Å². The quantitative estimate of drug-likeness (QED) is 0.751. The van der Waals surface area contributed by atoms with Crippen LogP contribution in [0, 0.1) is 0 Å². The molecular formula is C22H26N2O2. The number of Topliss-reactive ketones (excluding diaryl/α,β-unsaturated/α-hetero) is 2. The first-order valence-corrected chi connectivity index (χ1v) is 9.24. The van der Waals surface area contributed by atoms with Gasteiger partial charge in [-0.1, -0.05) is 60.7 Å². The minimum Gasteiger partial charge on any atom is -0.292 e. The topological polar surface area (TPSA) is 40.6 Å². The molecule has 1 fully saturated rings. The lowest BCUT2D eigenvalue weighted by Gasteiger charge is -2.39. The molecule has 0 N–H and O–H groups in total. The van der Waals surface area contributed by atoms with Gasteiger partial charge < -0.3 is 0 Å². The molecule has 2 aromatic rings. The Hall–Kier alpha value is -2.30. The number of rotatable bonds is 6. The lowest BCUT2D eigenvalue weighted by Crippen LogP contribution is -2.55. The molecule has 0 aliphatic carbocycles. The molecule has 0 amide bonds. The van der Waals surface area contributed by atoms with E-state index in [-0.39, 0.29) is 23.7 Å². The molecule has 2 atom stereocenters. The van der Waals surface area contributed by atoms with E-state index in [0.29, 0.717) is 0 Å². The highest BCUT2D eigenvalue weighted by molar-refractivity contribution is 6.00. The van der Waals surface area contributed by atoms with Gasteiger partial charge in [0.1, 0.15) is 0 Å². The smallest absolute Gasteiger partial charge is 0.179 e. The molecule has 4 heteroatoms. The average Bonchev–Trinajstić information content (AvgIpc) is 2.73. The van der Waals surface area contributed by atoms with Crippen LogP contribution in [0.1, 0.15) is 34.6 Å². The van der Waals surface area contributed by atoms with Gasteiger partial charge in [-0.25, -0.2) is 0 Å². The van der Waals surface area contributed by atoms with E-state index in [1.807, 2.05) is 74.5 Å². The van der Waals surface area contributed by atoms with E-state index in [9.17, 15) is 9.59 Å². The number of carbonyl (C=O) groups excluding carboxylic acids is 2. The lowest BCUT2D eigenvalue weighted by atomic mass is 10.0. The Bertz CT molecular complexity index is 672. The summed E-state index contributed by atoms with van der Waals surface area (Å²) in [5.74, 6) is 0.319. The molecule has 0 aromatic heterocycles. The molecule has 1 heterocycles. The summed E-state index contributed by atoms with van der Waals surface area (Å²) in [5.41, 5.74) is 1.52. The number of carbonyl (C=O) groups is 2. The van der Waals surface area contributed by atoms with Crippen molar-refractivity contribution in [3.05, 3.63) is 71.8 Å². The van der Waals surface area contributed by atoms with E-state index < -0.39 is 0 Å². The summed E-state index contributed by atoms with van der Waals surface area (Å²) < 4.78 is 0. The van der Waals surface area contributed by atoms with Crippen LogP contribution < -0.4 is 0 Å². The average molecular weight is 350 g/mol. The minimum atomic E-state index is -0.139. The van der Waals surface area contributed by atoms with Crippen LogP contribution in [0.3, 0.4) is 0 Å². The predicted octanol–water partition coefficient (Wildman–Crippen LogP) is 3.15. The Morgan fingerprint density at radius 1 is 0.654 bits per heavy atom. The first-order valence-electron chi connectivity index (χ1n) is 9.24. The van der Waals surface area contributed by atoms with Crippen molar-refractivity contribution < 1.29 is 9.59 Å². The monoisotopic (exact) mass is 350 g/mol. The fourth-order valence-corrected chi connectivity index (χ4v) is 3.53. The van der Waals surface area contributed by atoms with E-state index in [4.69, 9.17) is 0 Å². The van der Waals surface area contributed by atoms with Gasteiger partial charge in [-0.15, -0.1) is 0 Å². The van der Waals surface area contributed by atoms with Gasteiger partial charge in [0.2, 0.25) is 0 Å². The highest BCUT2D eigenvalue weighted by atomic mass is 16.1. The second-order valence-electron chi connectivity index (χ2n) is 6.88. The van der Waals surface area contributed by atoms with Crippen LogP contribution in [0.4, 0.5) is 0 Å². The van der Waals surface area contributed by atoms with E-state index in [0.717, 1.165) is 37.3 Å². The Morgan fingerprint density at radius 3 is 1.27 bits per heavy atom. The lowest BCUT2D eigenvalue weighted by molar-refractivity contribution is 0.0553. The van der Waals surface area contributed by atoms with E-state index in [2.05, 4.69) is 9.80 Å². The first-order chi connectivity index (χ1) is 12.6. The second kappa shape index (κ2) is 8.39. The van der Waals surface area contributed by atoms with Gasteiger partial charge in [0.15, 0.2) is 11.6 Å². The Morgan fingerprint density at radius 2 is 0.962 bits per heavy atom. The van der Waals surface area contributed by atoms with Crippen molar-refractivity contribution >= 4 is 11.6 Å². The summed E-state index contributed by atoms with van der Waals surface area (Å²) in [4.78, 5) is 29.7. The molecule has 1 aliphatic rings. The SMILES string of the molecule is CC(C(=O)c1ccccc1)N1CCN(C(C)C(=O)c2ccccc2)CC1. The van der Waals surface area contributed by atoms with Crippen LogP contribution in [0.15, 0.2) is 60.7 Å². The van der Waals surface area contributed by atoms with Crippen molar-refractivity contribution in [2.24, 2.45) is 0 Å². The summed E-state index contributed by atoms with van der Waals surface area (Å²) in [5, 5.41) is 0. The van der Waals surface area contributed by atoms with E-state index in [1.165, 1.54) is 0 Å². The highest BCUT2D eigenvalue weighted by Crippen LogP contribution is 2.15. The van der Waals surface area contributed by atoms with Gasteiger partial charge in [0, 0.05) is 37.3 Å². The third kappa shape index (κ3) is 4.09. The molecule has 2 aromatic carbocycles. The van der Waals surface area contributed by atoms with Gasteiger partial charge >= 0.3 is 0 Å². The Labute approximate surface area is 155 Å². The minimum absolute atomic E-state index is 0.139. The zero-order valence-corrected chi connectivity index (χ0v) is 15.5. The molecule has 0 bridgehead atoms. The van der Waals surface area contributed by atoms with Crippen LogP contribution in [0.5, 0.6) is 0 Å². The maximum Gasteiger partial charge on any atom is 0.179 e. The number of benzene rings is 2. The summed E-state index contributed by atoms with van der Waals surface area (Å²) in [6.45, 7) is 7.14. The molecule has 2 unspecified atom stereocenters. The van der Waals surface area contributed by atoms with Crippen molar-refractivity contribution in [2.75, 3.05) is 26.2 Å². The summed E-state index contributed by atoms with van der Waals surface area (Å²) in [6, 6.07) is 18.6. The number of ketones is 2. The van der Waals surface area contributed by atoms with Gasteiger partial charge in [0.25, 0.3) is 0 Å². The van der Waals surface area contributed by atoms with Crippen LogP contribution in [0.2, 0.25) is 0 Å². The number of nitrogens with zero attached hydrogens (tertiary/aromatic N) is 2. The zero-order chi connectivity index (χ0) is 18.5. The molecule has 1 saturated heterocycles. The zero-order valence-electron chi connectivity index (χ0n) is 15.5. The Kier molecular flexibility index (Phi) is 5.96. The van der Waals surface area contributed by atoms with Crippen LogP contribution in [0.25, 0.3) is 0 Å². The Balaban J connectivity index is 1.57. The molecule has 136 valence electrons. The van der Waals surface area contributed by atoms with Gasteiger partial charge in [0.05, 0.1) is 12.1 Å². The standard InChI is InChI=1S/C22H26N2O2/c1-17(21(25)19-9-5-3-6-10-19)23-13-15-24(16-14-23)18(2)22(26)20-11-7-4-8-12-20/h3-12,17-18H,13-16H2,1-2H3. The number of hydrogen-bond acceptors (Lipinski definition) is 4. The molecule has 0 radical (unpaired) electrons. The maximum absolute atomic E-state index is 12.6. The van der Waals surface area contributed by atoms with Crippen molar-refractivity contribution in [1.29, 1.82) is 0 Å². The fraction of sp³-hybridized carbons (Fsp3) is 0.364. The highest BCUT2D eigenvalue weighted by Gasteiger charge is 2.30. The third-order valence-corrected chi connectivity index (χ3v) is 5.32. The second-order valence-corrected chi connectivity index (χ2v) is 6.88. The largest absolute Gasteiger partial charge is 0.292 e. The normalized spacial score (nSPS) is 18.2. The summed E-state index contributed by atoms with van der Waals surface area (Å²) in [6.07, 6.45) is 0. The molecule has 3 rings (SSSR count). The van der Waals surface area contributed by atoms with Gasteiger partial charge in [-0.2, -0.15) is 0 Å². The van der Waals surface area contributed by atoms with Gasteiger partial charge in [-0.3, -0.25) is 19.4 Å². The summed E-state index contributed by atoms with van der Waals surface area (Å²) in [7, 11) is 0. The number of hydrogen-bond donors (Lipinski definition) is 0. The van der Waals surface area contributed by atoms with Crippen molar-refractivity contribution in [3.8, 4) is 0 Å².